The van der Waals surface area contributed by atoms with E-state index in [2.05, 4.69) is 4.90 Å². The van der Waals surface area contributed by atoms with Gasteiger partial charge in [-0.2, -0.15) is 0 Å². The van der Waals surface area contributed by atoms with Crippen LogP contribution in [0.5, 0.6) is 0 Å². The van der Waals surface area contributed by atoms with Crippen molar-refractivity contribution in [3.05, 3.63) is 0 Å². The number of likely N-dealkylation sites (tertiary alicyclic amines) is 1. The number of rotatable bonds is 2. The van der Waals surface area contributed by atoms with Gasteiger partial charge in [0.05, 0.1) is 5.60 Å². The minimum absolute atomic E-state index is 0.529. The summed E-state index contributed by atoms with van der Waals surface area (Å²) in [5, 5.41) is 9.69. The fraction of sp³-hybridized carbons (Fsp3) is 1.00. The number of β-amino-alcohol motifs (C(OH)–C–C–N with tert-alkyl or cyclic N) is 1. The number of aliphatic hydroxyl groups is 1. The summed E-state index contributed by atoms with van der Waals surface area (Å²) in [5.41, 5.74) is -0.529. The van der Waals surface area contributed by atoms with Gasteiger partial charge in [-0.3, -0.25) is 0 Å². The van der Waals surface area contributed by atoms with Crippen LogP contribution in [0, 0.1) is 0 Å². The van der Waals surface area contributed by atoms with E-state index in [-0.39, 0.29) is 0 Å². The van der Waals surface area contributed by atoms with Crippen molar-refractivity contribution in [1.82, 2.24) is 4.90 Å². The highest BCUT2D eigenvalue weighted by molar-refractivity contribution is 4.73. The van der Waals surface area contributed by atoms with Gasteiger partial charge < -0.3 is 10.0 Å². The lowest BCUT2D eigenvalue weighted by Crippen LogP contribution is -2.40. The molecule has 1 heterocycles. The van der Waals surface area contributed by atoms with Crippen molar-refractivity contribution >= 4 is 0 Å². The molecule has 1 saturated heterocycles. The summed E-state index contributed by atoms with van der Waals surface area (Å²) in [6.07, 6.45) is 6.73. The first-order chi connectivity index (χ1) is 6.08. The SMILES string of the molecule is CC(C)(O)CN1CCCCCCC1. The van der Waals surface area contributed by atoms with Gasteiger partial charge in [-0.25, -0.2) is 0 Å². The molecule has 0 atom stereocenters. The molecule has 1 aliphatic rings. The van der Waals surface area contributed by atoms with Crippen LogP contribution in [0.4, 0.5) is 0 Å². The van der Waals surface area contributed by atoms with Crippen LogP contribution in [0.2, 0.25) is 0 Å². The van der Waals surface area contributed by atoms with Gasteiger partial charge in [-0.1, -0.05) is 19.3 Å². The van der Waals surface area contributed by atoms with Crippen LogP contribution in [0.15, 0.2) is 0 Å². The molecule has 0 aliphatic carbocycles. The zero-order chi connectivity index (χ0) is 9.73. The number of hydrogen-bond donors (Lipinski definition) is 1. The molecule has 0 aromatic heterocycles. The monoisotopic (exact) mass is 185 g/mol. The van der Waals surface area contributed by atoms with Gasteiger partial charge in [-0.15, -0.1) is 0 Å². The molecule has 1 fully saturated rings. The Morgan fingerprint density at radius 2 is 1.46 bits per heavy atom. The van der Waals surface area contributed by atoms with Crippen molar-refractivity contribution in [3.8, 4) is 0 Å². The molecule has 13 heavy (non-hydrogen) atoms. The molecule has 0 aromatic rings. The molecule has 0 spiro atoms. The first kappa shape index (κ1) is 11.0. The first-order valence-electron chi connectivity index (χ1n) is 5.53. The average Bonchev–Trinajstić information content (AvgIpc) is 1.92. The summed E-state index contributed by atoms with van der Waals surface area (Å²) in [7, 11) is 0. The van der Waals surface area contributed by atoms with E-state index < -0.39 is 5.60 Å². The van der Waals surface area contributed by atoms with Crippen LogP contribution in [0.3, 0.4) is 0 Å². The van der Waals surface area contributed by atoms with Crippen LogP contribution >= 0.6 is 0 Å². The summed E-state index contributed by atoms with van der Waals surface area (Å²) >= 11 is 0. The number of nitrogens with zero attached hydrogens (tertiary/aromatic N) is 1. The summed E-state index contributed by atoms with van der Waals surface area (Å²) in [6.45, 7) is 6.96. The lowest BCUT2D eigenvalue weighted by Gasteiger charge is -2.30. The molecular formula is C11H23NO. The van der Waals surface area contributed by atoms with E-state index in [4.69, 9.17) is 0 Å². The second kappa shape index (κ2) is 4.97. The Balaban J connectivity index is 2.29. The van der Waals surface area contributed by atoms with Crippen molar-refractivity contribution in [2.75, 3.05) is 19.6 Å². The van der Waals surface area contributed by atoms with E-state index in [0.29, 0.717) is 0 Å². The highest BCUT2D eigenvalue weighted by atomic mass is 16.3. The first-order valence-corrected chi connectivity index (χ1v) is 5.53. The van der Waals surface area contributed by atoms with Gasteiger partial charge in [0.15, 0.2) is 0 Å². The summed E-state index contributed by atoms with van der Waals surface area (Å²) in [6, 6.07) is 0. The third-order valence-electron chi connectivity index (χ3n) is 2.56. The molecule has 2 nitrogen and oxygen atoms in total. The Labute approximate surface area is 81.9 Å². The molecular weight excluding hydrogens is 162 g/mol. The molecule has 2 heteroatoms. The van der Waals surface area contributed by atoms with Crippen molar-refractivity contribution in [3.63, 3.8) is 0 Å². The quantitative estimate of drug-likeness (QED) is 0.711. The van der Waals surface area contributed by atoms with Crippen LogP contribution in [-0.2, 0) is 0 Å². The van der Waals surface area contributed by atoms with Gasteiger partial charge in [-0.05, 0) is 39.8 Å². The molecule has 1 rings (SSSR count). The zero-order valence-corrected chi connectivity index (χ0v) is 9.05. The lowest BCUT2D eigenvalue weighted by atomic mass is 10.1. The van der Waals surface area contributed by atoms with Gasteiger partial charge in [0.25, 0.3) is 0 Å². The zero-order valence-electron chi connectivity index (χ0n) is 9.05. The van der Waals surface area contributed by atoms with Crippen molar-refractivity contribution < 1.29 is 5.11 Å². The smallest absolute Gasteiger partial charge is 0.0718 e. The largest absolute Gasteiger partial charge is 0.389 e. The van der Waals surface area contributed by atoms with Gasteiger partial charge in [0, 0.05) is 6.54 Å². The lowest BCUT2D eigenvalue weighted by molar-refractivity contribution is 0.0337. The van der Waals surface area contributed by atoms with Crippen molar-refractivity contribution in [2.24, 2.45) is 0 Å². The van der Waals surface area contributed by atoms with E-state index in [9.17, 15) is 5.11 Å². The third kappa shape index (κ3) is 5.27. The Hall–Kier alpha value is -0.0800. The topological polar surface area (TPSA) is 23.5 Å². The van der Waals surface area contributed by atoms with Crippen molar-refractivity contribution in [2.45, 2.75) is 51.6 Å². The molecule has 1 aliphatic heterocycles. The van der Waals surface area contributed by atoms with E-state index >= 15 is 0 Å². The van der Waals surface area contributed by atoms with Gasteiger partial charge in [0.2, 0.25) is 0 Å². The normalized spacial score (nSPS) is 22.4. The molecule has 0 amide bonds. The second-order valence-corrected chi connectivity index (χ2v) is 4.86. The van der Waals surface area contributed by atoms with Crippen molar-refractivity contribution in [1.29, 1.82) is 0 Å². The van der Waals surface area contributed by atoms with Gasteiger partial charge in [0.1, 0.15) is 0 Å². The maximum absolute atomic E-state index is 9.69. The fourth-order valence-electron chi connectivity index (χ4n) is 2.02. The maximum Gasteiger partial charge on any atom is 0.0718 e. The molecule has 78 valence electrons. The highest BCUT2D eigenvalue weighted by Crippen LogP contribution is 2.13. The molecule has 0 unspecified atom stereocenters. The fourth-order valence-corrected chi connectivity index (χ4v) is 2.02. The van der Waals surface area contributed by atoms with E-state index in [1.807, 2.05) is 13.8 Å². The minimum Gasteiger partial charge on any atom is -0.389 e. The Kier molecular flexibility index (Phi) is 4.20. The molecule has 0 radical (unpaired) electrons. The van der Waals surface area contributed by atoms with Crippen LogP contribution in [-0.4, -0.2) is 35.2 Å². The van der Waals surface area contributed by atoms with Crippen LogP contribution in [0.25, 0.3) is 0 Å². The third-order valence-corrected chi connectivity index (χ3v) is 2.56. The highest BCUT2D eigenvalue weighted by Gasteiger charge is 2.18. The number of hydrogen-bond acceptors (Lipinski definition) is 2. The Morgan fingerprint density at radius 1 is 1.00 bits per heavy atom. The Morgan fingerprint density at radius 3 is 1.92 bits per heavy atom. The summed E-state index contributed by atoms with van der Waals surface area (Å²) < 4.78 is 0. The molecule has 0 saturated carbocycles. The standard InChI is InChI=1S/C11H23NO/c1-11(2,13)10-12-8-6-4-3-5-7-9-12/h13H,3-10H2,1-2H3. The second-order valence-electron chi connectivity index (χ2n) is 4.86. The van der Waals surface area contributed by atoms with Gasteiger partial charge >= 0.3 is 0 Å². The molecule has 1 N–H and O–H groups in total. The van der Waals surface area contributed by atoms with E-state index in [1.165, 1.54) is 45.2 Å². The molecule has 0 bridgehead atoms. The van der Waals surface area contributed by atoms with E-state index in [0.717, 1.165) is 6.54 Å². The Bertz CT molecular complexity index is 132. The van der Waals surface area contributed by atoms with Crippen LogP contribution < -0.4 is 0 Å². The minimum atomic E-state index is -0.529. The predicted molar refractivity (Wildman–Crippen MR) is 55.8 cm³/mol. The van der Waals surface area contributed by atoms with Crippen LogP contribution in [0.1, 0.15) is 46.0 Å². The predicted octanol–water partition coefficient (Wildman–Crippen LogP) is 2.02. The maximum atomic E-state index is 9.69. The van der Waals surface area contributed by atoms with E-state index in [1.54, 1.807) is 0 Å². The summed E-state index contributed by atoms with van der Waals surface area (Å²) in [5.74, 6) is 0. The average molecular weight is 185 g/mol. The molecule has 0 aromatic carbocycles. The summed E-state index contributed by atoms with van der Waals surface area (Å²) in [4.78, 5) is 2.40.